The smallest absolute Gasteiger partial charge is 0.216 e. The molecular weight excluding hydrogens is 903 g/mol. The van der Waals surface area contributed by atoms with E-state index in [0.717, 1.165) is 73.1 Å². The number of rotatable bonds is 8. The maximum absolute atomic E-state index is 6.47. The van der Waals surface area contributed by atoms with E-state index in [0.29, 0.717) is 11.6 Å². The van der Waals surface area contributed by atoms with E-state index in [4.69, 9.17) is 19.4 Å². The fraction of sp³-hybridized carbons (Fsp3) is 0.365. The zero-order chi connectivity index (χ0) is 39.5. The summed E-state index contributed by atoms with van der Waals surface area (Å²) in [5, 5.41) is 3.70. The van der Waals surface area contributed by atoms with Crippen LogP contribution >= 0.6 is 0 Å². The minimum Gasteiger partial charge on any atom is -0.486 e. The first kappa shape index (κ1) is 41.9. The zero-order valence-electron chi connectivity index (χ0n) is 35.1. The van der Waals surface area contributed by atoms with Crippen molar-refractivity contribution >= 4 is 35.3 Å². The molecule has 301 valence electrons. The molecule has 2 aliphatic carbocycles. The third-order valence-corrected chi connectivity index (χ3v) is 14.7. The van der Waals surface area contributed by atoms with Crippen molar-refractivity contribution in [3.05, 3.63) is 132 Å². The first-order chi connectivity index (χ1) is 27.6. The molecule has 7 aromatic rings. The molecule has 2 fully saturated rings. The molecule has 0 bridgehead atoms. The van der Waals surface area contributed by atoms with Gasteiger partial charge >= 0.3 is 0 Å². The number of hydrogen-bond acceptors (Lipinski definition) is 4. The molecule has 0 N–H and O–H groups in total. The summed E-state index contributed by atoms with van der Waals surface area (Å²) in [6, 6.07) is 36.3. The maximum atomic E-state index is 6.47. The van der Waals surface area contributed by atoms with Gasteiger partial charge in [-0.1, -0.05) is 143 Å². The molecular formula is C52H57IrN3OSi-2. The van der Waals surface area contributed by atoms with E-state index in [1.807, 2.05) is 36.5 Å². The maximum Gasteiger partial charge on any atom is 0.216 e. The fourth-order valence-electron chi connectivity index (χ4n) is 9.43. The molecule has 0 amide bonds. The normalized spacial score (nSPS) is 15.6. The average Bonchev–Trinajstić information content (AvgIpc) is 3.89. The summed E-state index contributed by atoms with van der Waals surface area (Å²) in [5.74, 6) is 2.17. The predicted molar refractivity (Wildman–Crippen MR) is 241 cm³/mol. The molecule has 0 spiro atoms. The number of nitrogens with zero attached hydrogens (tertiary/aromatic N) is 3. The Balaban J connectivity index is 0.000000192. The number of aromatic nitrogens is 3. The van der Waals surface area contributed by atoms with Gasteiger partial charge in [-0.15, -0.1) is 53.6 Å². The molecule has 58 heavy (non-hydrogen) atoms. The van der Waals surface area contributed by atoms with Crippen LogP contribution in [-0.4, -0.2) is 23.0 Å². The second-order valence-electron chi connectivity index (χ2n) is 17.8. The second-order valence-corrected chi connectivity index (χ2v) is 22.8. The predicted octanol–water partition coefficient (Wildman–Crippen LogP) is 13.6. The van der Waals surface area contributed by atoms with E-state index in [1.54, 1.807) is 10.8 Å². The Morgan fingerprint density at radius 3 is 2.26 bits per heavy atom. The van der Waals surface area contributed by atoms with Crippen LogP contribution in [0.25, 0.3) is 55.8 Å². The number of benzene rings is 3. The van der Waals surface area contributed by atoms with Gasteiger partial charge in [0, 0.05) is 43.4 Å². The molecule has 4 aromatic heterocycles. The average molecular weight is 960 g/mol. The van der Waals surface area contributed by atoms with E-state index in [-0.39, 0.29) is 20.1 Å². The van der Waals surface area contributed by atoms with Crippen molar-refractivity contribution in [2.75, 3.05) is 0 Å². The van der Waals surface area contributed by atoms with Crippen LogP contribution in [0.3, 0.4) is 0 Å². The molecule has 3 aromatic carbocycles. The monoisotopic (exact) mass is 960 g/mol. The van der Waals surface area contributed by atoms with Crippen molar-refractivity contribution in [3.8, 4) is 33.8 Å². The van der Waals surface area contributed by atoms with Crippen molar-refractivity contribution in [2.45, 2.75) is 111 Å². The summed E-state index contributed by atoms with van der Waals surface area (Å²) in [6.45, 7) is 13.9. The Morgan fingerprint density at radius 1 is 0.793 bits per heavy atom. The summed E-state index contributed by atoms with van der Waals surface area (Å²) in [5.41, 5.74) is 12.8. The molecule has 4 heterocycles. The largest absolute Gasteiger partial charge is 0.486 e. The van der Waals surface area contributed by atoms with Gasteiger partial charge < -0.3 is 14.4 Å². The third-order valence-electron chi connectivity index (χ3n) is 12.7. The van der Waals surface area contributed by atoms with Crippen LogP contribution in [0.1, 0.15) is 92.9 Å². The van der Waals surface area contributed by atoms with Crippen LogP contribution < -0.4 is 5.19 Å². The van der Waals surface area contributed by atoms with Crippen LogP contribution in [0.2, 0.25) is 19.6 Å². The van der Waals surface area contributed by atoms with Crippen LogP contribution in [0.5, 0.6) is 0 Å². The molecule has 1 unspecified atom stereocenters. The quantitative estimate of drug-likeness (QED) is 0.112. The molecule has 0 aliphatic heterocycles. The van der Waals surface area contributed by atoms with Gasteiger partial charge in [0.25, 0.3) is 0 Å². The first-order valence-electron chi connectivity index (χ1n) is 21.4. The minimum atomic E-state index is -1.35. The molecule has 2 aliphatic rings. The number of fused-ring (bicyclic) bond motifs is 3. The molecule has 1 atom stereocenters. The van der Waals surface area contributed by atoms with Gasteiger partial charge in [0.15, 0.2) is 0 Å². The van der Waals surface area contributed by atoms with Crippen LogP contribution in [0.4, 0.5) is 0 Å². The van der Waals surface area contributed by atoms with Gasteiger partial charge in [-0.3, -0.25) is 0 Å². The Kier molecular flexibility index (Phi) is 13.3. The number of furan rings is 1. The van der Waals surface area contributed by atoms with Crippen LogP contribution in [-0.2, 0) is 26.5 Å². The van der Waals surface area contributed by atoms with Crippen molar-refractivity contribution in [2.24, 2.45) is 11.8 Å². The van der Waals surface area contributed by atoms with Gasteiger partial charge in [0.1, 0.15) is 0 Å². The van der Waals surface area contributed by atoms with E-state index in [2.05, 4.69) is 113 Å². The zero-order valence-corrected chi connectivity index (χ0v) is 38.5. The first-order valence-corrected chi connectivity index (χ1v) is 24.9. The Morgan fingerprint density at radius 2 is 1.53 bits per heavy atom. The molecule has 1 radical (unpaired) electrons. The summed E-state index contributed by atoms with van der Waals surface area (Å²) in [7, 11) is -1.35. The molecule has 9 rings (SSSR count). The van der Waals surface area contributed by atoms with Gasteiger partial charge in [-0.05, 0) is 78.2 Å². The van der Waals surface area contributed by atoms with E-state index < -0.39 is 8.07 Å². The summed E-state index contributed by atoms with van der Waals surface area (Å²) in [6.07, 6.45) is 17.7. The number of hydrogen-bond donors (Lipinski definition) is 0. The van der Waals surface area contributed by atoms with E-state index in [1.165, 1.54) is 69.8 Å². The van der Waals surface area contributed by atoms with Gasteiger partial charge in [0.05, 0.1) is 19.4 Å². The topological polar surface area (TPSA) is 51.8 Å². The fourth-order valence-corrected chi connectivity index (χ4v) is 11.0. The van der Waals surface area contributed by atoms with E-state index in [9.17, 15) is 0 Å². The molecule has 6 heteroatoms. The molecule has 4 nitrogen and oxygen atoms in total. The summed E-state index contributed by atoms with van der Waals surface area (Å²) in [4.78, 5) is 14.5. The summed E-state index contributed by atoms with van der Waals surface area (Å²) >= 11 is 0. The van der Waals surface area contributed by atoms with Crippen molar-refractivity contribution in [3.63, 3.8) is 0 Å². The van der Waals surface area contributed by atoms with Crippen LogP contribution in [0.15, 0.2) is 102 Å². The number of aryl methyl sites for hydroxylation is 2. The van der Waals surface area contributed by atoms with Gasteiger partial charge in [0.2, 0.25) is 5.71 Å². The van der Waals surface area contributed by atoms with Crippen molar-refractivity contribution in [1.82, 2.24) is 15.0 Å². The standard InChI is InChI=1S/C32H31N2O.C20H26NSi.Ir/c1-20-14-15-26(28-19-25(16-17-33-28)22(3)23-10-6-4-7-11-23)31-29(20)27-18-21(2)30(34-32(27)35-31)24-12-8-5-9-13-24;1-22(2,3)20-15-21-19(17-11-5-4-6-12-17)14-18(20)13-16-9-7-8-10-16;/h5,8-9,12-14,16-19,22-23H,4,6-7,10-11H2,1-3H3;4-6,11,14-16H,7-10,13H2,1-3H3;/q2*-1;. The van der Waals surface area contributed by atoms with Gasteiger partial charge in [-0.25, -0.2) is 4.98 Å². The summed E-state index contributed by atoms with van der Waals surface area (Å²) < 4.78 is 6.47. The Hall–Kier alpha value is -4.22. The third kappa shape index (κ3) is 9.15. The van der Waals surface area contributed by atoms with Gasteiger partial charge in [-0.2, -0.15) is 0 Å². The molecule has 0 saturated heterocycles. The SMILES string of the molecule is C[Si](C)(C)c1cnc(-c2[c-]cccc2)cc1CC1CCCC1.Cc1cc2c(nc1-c1ccccc1)oc1c(-c3cc(C(C)C4CCCCC4)ccn3)[c-]cc(C)c12.[Ir]. The van der Waals surface area contributed by atoms with Crippen molar-refractivity contribution in [1.29, 1.82) is 0 Å². The molecule has 2 saturated carbocycles. The van der Waals surface area contributed by atoms with E-state index >= 15 is 0 Å². The number of pyridine rings is 3. The Labute approximate surface area is 360 Å². The minimum absolute atomic E-state index is 0. The van der Waals surface area contributed by atoms with Crippen molar-refractivity contribution < 1.29 is 24.5 Å². The van der Waals surface area contributed by atoms with Crippen LogP contribution in [0, 0.1) is 37.8 Å². The second kappa shape index (κ2) is 18.4. The Bertz CT molecular complexity index is 2460.